The van der Waals surface area contributed by atoms with E-state index in [1.54, 1.807) is 43.5 Å². The molecule has 3 aromatic carbocycles. The van der Waals surface area contributed by atoms with Crippen LogP contribution in [0, 0.1) is 18.6 Å². The second-order valence-corrected chi connectivity index (χ2v) is 12.1. The third-order valence-electron chi connectivity index (χ3n) is 6.61. The number of carbonyl (C=O) groups excluding carboxylic acids is 1. The van der Waals surface area contributed by atoms with Gasteiger partial charge < -0.3 is 15.4 Å². The highest BCUT2D eigenvalue weighted by Crippen LogP contribution is 2.32. The lowest BCUT2D eigenvalue weighted by molar-refractivity contribution is -0.153. The van der Waals surface area contributed by atoms with Crippen LogP contribution in [0.5, 0.6) is 5.75 Å². The molecule has 0 aliphatic carbocycles. The Bertz CT molecular complexity index is 2030. The molecule has 0 fully saturated rings. The molecule has 2 aromatic heterocycles. The van der Waals surface area contributed by atoms with Crippen molar-refractivity contribution in [2.24, 2.45) is 0 Å². The molecule has 0 saturated heterocycles. The number of amides is 1. The Balaban J connectivity index is 1.34. The first-order valence-corrected chi connectivity index (χ1v) is 15.1. The number of rotatable bonds is 9. The van der Waals surface area contributed by atoms with Crippen LogP contribution in [0.15, 0.2) is 77.8 Å². The molecule has 2 N–H and O–H groups in total. The highest BCUT2D eigenvalue weighted by Gasteiger charge is 2.29. The Morgan fingerprint density at radius 2 is 1.73 bits per heavy atom. The van der Waals surface area contributed by atoms with Crippen molar-refractivity contribution in [1.29, 1.82) is 0 Å². The number of alkyl halides is 3. The van der Waals surface area contributed by atoms with Crippen LogP contribution in [0.4, 0.5) is 33.6 Å². The number of aryl methyl sites for hydroxylation is 1. The van der Waals surface area contributed by atoms with Crippen molar-refractivity contribution in [2.45, 2.75) is 24.5 Å². The minimum absolute atomic E-state index is 0.0110. The predicted molar refractivity (Wildman–Crippen MR) is 155 cm³/mol. The van der Waals surface area contributed by atoms with Crippen LogP contribution < -0.4 is 15.4 Å². The summed E-state index contributed by atoms with van der Waals surface area (Å²) >= 11 is 0. The summed E-state index contributed by atoms with van der Waals surface area (Å²) in [5, 5.41) is 9.73. The molecule has 0 aliphatic heterocycles. The third kappa shape index (κ3) is 7.55. The van der Waals surface area contributed by atoms with E-state index in [4.69, 9.17) is 4.74 Å². The molecule has 1 amide bonds. The minimum atomic E-state index is -4.65. The summed E-state index contributed by atoms with van der Waals surface area (Å²) in [6.45, 7) is -0.0206. The van der Waals surface area contributed by atoms with E-state index in [0.29, 0.717) is 22.3 Å². The molecule has 0 bridgehead atoms. The number of hydrogen-bond acceptors (Lipinski definition) is 7. The fourth-order valence-corrected chi connectivity index (χ4v) is 5.01. The standard InChI is InChI=1S/C30H24F5N5O4S/c1-17-11-18(4-8-23(17)28(41)36-14-19-3-6-21(31)12-24(19)32)20-5-10-27-38-29(39-40(27)15-20)37-25-9-7-22(45(2,42)43)13-26(25)44-16-30(33,34)35/h3-13,15H,14,16H2,1-2H3,(H,36,41)(H,37,39). The summed E-state index contributed by atoms with van der Waals surface area (Å²) in [7, 11) is -3.72. The van der Waals surface area contributed by atoms with E-state index >= 15 is 0 Å². The van der Waals surface area contributed by atoms with Gasteiger partial charge in [-0.3, -0.25) is 4.79 Å². The van der Waals surface area contributed by atoms with Gasteiger partial charge in [0.2, 0.25) is 5.95 Å². The van der Waals surface area contributed by atoms with Crippen LogP contribution in [0.1, 0.15) is 21.5 Å². The summed E-state index contributed by atoms with van der Waals surface area (Å²) in [6, 6.07) is 15.1. The van der Waals surface area contributed by atoms with E-state index in [1.165, 1.54) is 22.7 Å². The largest absolute Gasteiger partial charge is 0.482 e. The number of hydrogen-bond donors (Lipinski definition) is 2. The molecule has 15 heteroatoms. The van der Waals surface area contributed by atoms with Gasteiger partial charge in [0.1, 0.15) is 17.4 Å². The highest BCUT2D eigenvalue weighted by atomic mass is 32.2. The molecule has 0 unspecified atom stereocenters. The van der Waals surface area contributed by atoms with E-state index in [9.17, 15) is 35.2 Å². The summed E-state index contributed by atoms with van der Waals surface area (Å²) in [6.07, 6.45) is -2.07. The van der Waals surface area contributed by atoms with Crippen LogP contribution >= 0.6 is 0 Å². The van der Waals surface area contributed by atoms with Crippen molar-refractivity contribution in [3.63, 3.8) is 0 Å². The van der Waals surface area contributed by atoms with Gasteiger partial charge in [-0.15, -0.1) is 5.10 Å². The number of nitrogens with zero attached hydrogens (tertiary/aromatic N) is 3. The molecular weight excluding hydrogens is 621 g/mol. The fourth-order valence-electron chi connectivity index (χ4n) is 4.38. The number of nitrogens with one attached hydrogen (secondary N) is 2. The first-order valence-electron chi connectivity index (χ1n) is 13.2. The predicted octanol–water partition coefficient (Wildman–Crippen LogP) is 6.00. The van der Waals surface area contributed by atoms with Crippen molar-refractivity contribution in [3.8, 4) is 16.9 Å². The van der Waals surface area contributed by atoms with Gasteiger partial charge in [-0.25, -0.2) is 21.7 Å². The second kappa shape index (κ2) is 12.1. The normalized spacial score (nSPS) is 11.9. The van der Waals surface area contributed by atoms with Gasteiger partial charge in [-0.05, 0) is 54.4 Å². The van der Waals surface area contributed by atoms with Gasteiger partial charge >= 0.3 is 6.18 Å². The van der Waals surface area contributed by atoms with Crippen LogP contribution in [0.25, 0.3) is 16.8 Å². The summed E-state index contributed by atoms with van der Waals surface area (Å²) < 4.78 is 95.7. The molecule has 9 nitrogen and oxygen atoms in total. The van der Waals surface area contributed by atoms with Crippen LogP contribution in [0.2, 0.25) is 0 Å². The molecule has 0 spiro atoms. The number of aromatic nitrogens is 3. The number of carbonyl (C=O) groups is 1. The first kappa shape index (κ1) is 31.4. The lowest BCUT2D eigenvalue weighted by Gasteiger charge is -2.14. The maximum Gasteiger partial charge on any atom is 0.422 e. The Labute approximate surface area is 253 Å². The summed E-state index contributed by atoms with van der Waals surface area (Å²) in [5.74, 6) is -2.25. The van der Waals surface area contributed by atoms with E-state index in [2.05, 4.69) is 20.7 Å². The molecule has 234 valence electrons. The fraction of sp³-hybridized carbons (Fsp3) is 0.167. The minimum Gasteiger partial charge on any atom is -0.482 e. The monoisotopic (exact) mass is 645 g/mol. The van der Waals surface area contributed by atoms with E-state index < -0.39 is 40.2 Å². The van der Waals surface area contributed by atoms with Gasteiger partial charge in [0, 0.05) is 47.8 Å². The van der Waals surface area contributed by atoms with Gasteiger partial charge in [0.25, 0.3) is 5.91 Å². The lowest BCUT2D eigenvalue weighted by Crippen LogP contribution is -2.24. The zero-order valence-corrected chi connectivity index (χ0v) is 24.4. The van der Waals surface area contributed by atoms with Crippen LogP contribution in [0.3, 0.4) is 0 Å². The molecule has 0 saturated carbocycles. The summed E-state index contributed by atoms with van der Waals surface area (Å²) in [5.41, 5.74) is 3.00. The zero-order valence-electron chi connectivity index (χ0n) is 23.6. The Kier molecular flexibility index (Phi) is 8.47. The maximum atomic E-state index is 13.9. The molecule has 0 radical (unpaired) electrons. The lowest BCUT2D eigenvalue weighted by atomic mass is 10.0. The first-order chi connectivity index (χ1) is 21.2. The number of pyridine rings is 1. The maximum absolute atomic E-state index is 13.9. The molecule has 45 heavy (non-hydrogen) atoms. The van der Waals surface area contributed by atoms with Crippen molar-refractivity contribution < 1.29 is 39.9 Å². The number of sulfone groups is 1. The van der Waals surface area contributed by atoms with Gasteiger partial charge in [0.15, 0.2) is 22.1 Å². The number of benzene rings is 3. The van der Waals surface area contributed by atoms with E-state index in [-0.39, 0.29) is 34.4 Å². The summed E-state index contributed by atoms with van der Waals surface area (Å²) in [4.78, 5) is 16.8. The van der Waals surface area contributed by atoms with Crippen molar-refractivity contribution in [1.82, 2.24) is 19.9 Å². The molecule has 5 rings (SSSR count). The second-order valence-electron chi connectivity index (χ2n) is 10.1. The SMILES string of the molecule is Cc1cc(-c2ccc3nc(Nc4ccc(S(C)(=O)=O)cc4OCC(F)(F)F)nn3c2)ccc1C(=O)NCc1ccc(F)cc1F. The topological polar surface area (TPSA) is 115 Å². The third-order valence-corrected chi connectivity index (χ3v) is 7.72. The number of anilines is 2. The van der Waals surface area contributed by atoms with Crippen LogP contribution in [-0.4, -0.2) is 48.0 Å². The quantitative estimate of drug-likeness (QED) is 0.189. The molecule has 5 aromatic rings. The Morgan fingerprint density at radius 3 is 2.42 bits per heavy atom. The Hall–Kier alpha value is -5.05. The number of fused-ring (bicyclic) bond motifs is 1. The molecule has 0 atom stereocenters. The van der Waals surface area contributed by atoms with Crippen LogP contribution in [-0.2, 0) is 16.4 Å². The van der Waals surface area contributed by atoms with Gasteiger partial charge in [-0.2, -0.15) is 18.2 Å². The average molecular weight is 646 g/mol. The smallest absolute Gasteiger partial charge is 0.422 e. The molecule has 2 heterocycles. The Morgan fingerprint density at radius 1 is 0.978 bits per heavy atom. The number of ether oxygens (including phenoxy) is 1. The highest BCUT2D eigenvalue weighted by molar-refractivity contribution is 7.90. The number of halogens is 5. The average Bonchev–Trinajstić information content (AvgIpc) is 3.36. The van der Waals surface area contributed by atoms with Crippen molar-refractivity contribution >= 4 is 33.0 Å². The van der Waals surface area contributed by atoms with Gasteiger partial charge in [-0.1, -0.05) is 18.2 Å². The van der Waals surface area contributed by atoms with Crippen molar-refractivity contribution in [2.75, 3.05) is 18.2 Å². The van der Waals surface area contributed by atoms with E-state index in [0.717, 1.165) is 30.0 Å². The molecule has 0 aliphatic rings. The zero-order chi connectivity index (χ0) is 32.5. The van der Waals surface area contributed by atoms with E-state index in [1.807, 2.05) is 0 Å². The van der Waals surface area contributed by atoms with Gasteiger partial charge in [0.05, 0.1) is 10.6 Å². The van der Waals surface area contributed by atoms with Crippen molar-refractivity contribution in [3.05, 3.63) is 101 Å². The molecular formula is C30H24F5N5O4S.